The smallest absolute Gasteiger partial charge is 0.341 e. The van der Waals surface area contributed by atoms with Crippen LogP contribution in [0.5, 0.6) is 0 Å². The first-order valence-electron chi connectivity index (χ1n) is 6.08. The van der Waals surface area contributed by atoms with Crippen LogP contribution in [0.1, 0.15) is 41.9 Å². The standard InChI is InChI=1S/C13H18O3S/c1-9-7-8-11(17-9)13(16,12(14)15)10-5-3-2-4-6-10/h7-8,10,16H,2-6H2,1H3,(H,14,15). The summed E-state index contributed by atoms with van der Waals surface area (Å²) in [5.74, 6) is -1.25. The molecule has 1 saturated carbocycles. The SMILES string of the molecule is Cc1ccc(C(O)(C(=O)O)C2CCCCC2)s1. The number of aryl methyl sites for hydroxylation is 1. The second-order valence-corrected chi connectivity index (χ2v) is 6.10. The van der Waals surface area contributed by atoms with Crippen LogP contribution in [0, 0.1) is 12.8 Å². The zero-order valence-corrected chi connectivity index (χ0v) is 10.8. The van der Waals surface area contributed by atoms with E-state index in [4.69, 9.17) is 0 Å². The molecular formula is C13H18O3S. The molecule has 1 aromatic heterocycles. The molecular weight excluding hydrogens is 236 g/mol. The molecule has 1 aliphatic carbocycles. The van der Waals surface area contributed by atoms with Crippen LogP contribution >= 0.6 is 11.3 Å². The van der Waals surface area contributed by atoms with E-state index >= 15 is 0 Å². The third kappa shape index (κ3) is 2.24. The number of carboxylic acid groups (broad SMARTS) is 1. The molecule has 1 aliphatic rings. The summed E-state index contributed by atoms with van der Waals surface area (Å²) in [6.45, 7) is 1.93. The highest BCUT2D eigenvalue weighted by molar-refractivity contribution is 7.12. The van der Waals surface area contributed by atoms with E-state index in [1.54, 1.807) is 6.07 Å². The molecule has 0 bridgehead atoms. The molecule has 0 saturated heterocycles. The lowest BCUT2D eigenvalue weighted by atomic mass is 9.76. The van der Waals surface area contributed by atoms with Gasteiger partial charge in [0.05, 0.1) is 0 Å². The summed E-state index contributed by atoms with van der Waals surface area (Å²) in [7, 11) is 0. The maximum atomic E-state index is 11.5. The number of aliphatic hydroxyl groups is 1. The lowest BCUT2D eigenvalue weighted by Gasteiger charge is -2.34. The van der Waals surface area contributed by atoms with Crippen LogP contribution in [0.25, 0.3) is 0 Å². The topological polar surface area (TPSA) is 57.5 Å². The van der Waals surface area contributed by atoms with Crippen molar-refractivity contribution in [2.24, 2.45) is 5.92 Å². The quantitative estimate of drug-likeness (QED) is 0.872. The Morgan fingerprint density at radius 3 is 2.47 bits per heavy atom. The highest BCUT2D eigenvalue weighted by Gasteiger charge is 2.46. The number of thiophene rings is 1. The molecule has 0 aromatic carbocycles. The Bertz CT molecular complexity index is 407. The second-order valence-electron chi connectivity index (χ2n) is 4.82. The average Bonchev–Trinajstić information content (AvgIpc) is 2.76. The van der Waals surface area contributed by atoms with Gasteiger partial charge in [-0.05, 0) is 31.9 Å². The Labute approximate surface area is 105 Å². The van der Waals surface area contributed by atoms with E-state index in [-0.39, 0.29) is 5.92 Å². The number of hydrogen-bond acceptors (Lipinski definition) is 3. The molecule has 0 amide bonds. The molecule has 2 N–H and O–H groups in total. The minimum absolute atomic E-state index is 0.146. The van der Waals surface area contributed by atoms with Gasteiger partial charge in [-0.15, -0.1) is 11.3 Å². The Balaban J connectivity index is 2.34. The first-order chi connectivity index (χ1) is 8.05. The van der Waals surface area contributed by atoms with Gasteiger partial charge in [0, 0.05) is 15.7 Å². The summed E-state index contributed by atoms with van der Waals surface area (Å²) in [6, 6.07) is 3.62. The summed E-state index contributed by atoms with van der Waals surface area (Å²) in [5.41, 5.74) is -1.68. The fourth-order valence-corrected chi connectivity index (χ4v) is 3.67. The number of carbonyl (C=O) groups is 1. The van der Waals surface area contributed by atoms with Crippen molar-refractivity contribution in [3.63, 3.8) is 0 Å². The number of aliphatic carboxylic acids is 1. The van der Waals surface area contributed by atoms with E-state index in [2.05, 4.69) is 0 Å². The van der Waals surface area contributed by atoms with Crippen LogP contribution in [0.3, 0.4) is 0 Å². The minimum atomic E-state index is -1.68. The highest BCUT2D eigenvalue weighted by atomic mass is 32.1. The van der Waals surface area contributed by atoms with Gasteiger partial charge in [-0.2, -0.15) is 0 Å². The third-order valence-corrected chi connectivity index (χ3v) is 4.76. The molecule has 17 heavy (non-hydrogen) atoms. The van der Waals surface area contributed by atoms with E-state index in [0.717, 1.165) is 37.0 Å². The fourth-order valence-electron chi connectivity index (χ4n) is 2.64. The van der Waals surface area contributed by atoms with Crippen LogP contribution in [-0.4, -0.2) is 16.2 Å². The molecule has 1 unspecified atom stereocenters. The number of rotatable bonds is 3. The molecule has 1 heterocycles. The predicted octanol–water partition coefficient (Wildman–Crippen LogP) is 2.91. The summed E-state index contributed by atoms with van der Waals surface area (Å²) in [6.07, 6.45) is 4.80. The summed E-state index contributed by atoms with van der Waals surface area (Å²) >= 11 is 1.39. The van der Waals surface area contributed by atoms with Crippen molar-refractivity contribution in [2.75, 3.05) is 0 Å². The van der Waals surface area contributed by atoms with Crippen molar-refractivity contribution < 1.29 is 15.0 Å². The largest absolute Gasteiger partial charge is 0.479 e. The molecule has 1 aromatic rings. The predicted molar refractivity (Wildman–Crippen MR) is 67.2 cm³/mol. The molecule has 94 valence electrons. The summed E-state index contributed by atoms with van der Waals surface area (Å²) < 4.78 is 0. The minimum Gasteiger partial charge on any atom is -0.479 e. The monoisotopic (exact) mass is 254 g/mol. The third-order valence-electron chi connectivity index (χ3n) is 3.64. The molecule has 0 spiro atoms. The normalized spacial score (nSPS) is 21.1. The maximum absolute atomic E-state index is 11.5. The van der Waals surface area contributed by atoms with Gasteiger partial charge in [-0.3, -0.25) is 0 Å². The zero-order chi connectivity index (χ0) is 12.5. The lowest BCUT2D eigenvalue weighted by molar-refractivity contribution is -0.168. The van der Waals surface area contributed by atoms with E-state index in [1.165, 1.54) is 11.3 Å². The van der Waals surface area contributed by atoms with Gasteiger partial charge in [-0.1, -0.05) is 19.3 Å². The molecule has 2 rings (SSSR count). The van der Waals surface area contributed by atoms with E-state index < -0.39 is 11.6 Å². The van der Waals surface area contributed by atoms with Gasteiger partial charge in [0.25, 0.3) is 0 Å². The van der Waals surface area contributed by atoms with Crippen LogP contribution in [0.15, 0.2) is 12.1 Å². The highest BCUT2D eigenvalue weighted by Crippen LogP contribution is 2.42. The molecule has 1 fully saturated rings. The molecule has 0 aliphatic heterocycles. The van der Waals surface area contributed by atoms with Crippen LogP contribution in [0.2, 0.25) is 0 Å². The van der Waals surface area contributed by atoms with Crippen molar-refractivity contribution >= 4 is 17.3 Å². The molecule has 0 radical (unpaired) electrons. The Hall–Kier alpha value is -0.870. The van der Waals surface area contributed by atoms with E-state index in [9.17, 15) is 15.0 Å². The Kier molecular flexibility index (Phi) is 3.54. The summed E-state index contributed by atoms with van der Waals surface area (Å²) in [5, 5.41) is 20.0. The maximum Gasteiger partial charge on any atom is 0.341 e. The molecule has 3 nitrogen and oxygen atoms in total. The van der Waals surface area contributed by atoms with Crippen molar-refractivity contribution in [2.45, 2.75) is 44.6 Å². The Morgan fingerprint density at radius 1 is 1.35 bits per heavy atom. The first kappa shape index (κ1) is 12.6. The van der Waals surface area contributed by atoms with Gasteiger partial charge in [-0.25, -0.2) is 4.79 Å². The van der Waals surface area contributed by atoms with Crippen LogP contribution < -0.4 is 0 Å². The fraction of sp³-hybridized carbons (Fsp3) is 0.615. The molecule has 1 atom stereocenters. The first-order valence-corrected chi connectivity index (χ1v) is 6.89. The van der Waals surface area contributed by atoms with Crippen LogP contribution in [-0.2, 0) is 10.4 Å². The van der Waals surface area contributed by atoms with Gasteiger partial charge < -0.3 is 10.2 Å². The van der Waals surface area contributed by atoms with Gasteiger partial charge >= 0.3 is 5.97 Å². The molecule has 4 heteroatoms. The van der Waals surface area contributed by atoms with Crippen molar-refractivity contribution in [3.05, 3.63) is 21.9 Å². The van der Waals surface area contributed by atoms with Crippen molar-refractivity contribution in [1.82, 2.24) is 0 Å². The number of hydrogen-bond donors (Lipinski definition) is 2. The van der Waals surface area contributed by atoms with Crippen LogP contribution in [0.4, 0.5) is 0 Å². The zero-order valence-electron chi connectivity index (χ0n) is 9.98. The summed E-state index contributed by atoms with van der Waals surface area (Å²) in [4.78, 5) is 13.1. The average molecular weight is 254 g/mol. The van der Waals surface area contributed by atoms with E-state index in [0.29, 0.717) is 4.88 Å². The van der Waals surface area contributed by atoms with E-state index in [1.807, 2.05) is 13.0 Å². The van der Waals surface area contributed by atoms with Gasteiger partial charge in [0.2, 0.25) is 0 Å². The number of carboxylic acids is 1. The lowest BCUT2D eigenvalue weighted by Crippen LogP contribution is -2.43. The van der Waals surface area contributed by atoms with Crippen molar-refractivity contribution in [1.29, 1.82) is 0 Å². The van der Waals surface area contributed by atoms with Crippen molar-refractivity contribution in [3.8, 4) is 0 Å². The van der Waals surface area contributed by atoms with Gasteiger partial charge in [0.1, 0.15) is 0 Å². The Morgan fingerprint density at radius 2 is 2.00 bits per heavy atom. The second kappa shape index (κ2) is 4.78. The van der Waals surface area contributed by atoms with Gasteiger partial charge in [0.15, 0.2) is 5.60 Å².